The maximum atomic E-state index is 6.17. The van der Waals surface area contributed by atoms with Crippen molar-refractivity contribution in [3.05, 3.63) is 28.8 Å². The zero-order chi connectivity index (χ0) is 15.5. The van der Waals surface area contributed by atoms with Crippen LogP contribution in [0.15, 0.2) is 18.2 Å². The van der Waals surface area contributed by atoms with Gasteiger partial charge in [0.2, 0.25) is 0 Å². The van der Waals surface area contributed by atoms with E-state index >= 15 is 0 Å². The summed E-state index contributed by atoms with van der Waals surface area (Å²) in [7, 11) is 1.95. The first-order valence-corrected chi connectivity index (χ1v) is 7.94. The fraction of sp³-hybridized carbons (Fsp3) is 0.625. The Morgan fingerprint density at radius 3 is 2.24 bits per heavy atom. The highest BCUT2D eigenvalue weighted by Gasteiger charge is 2.12. The number of rotatable bonds is 11. The third kappa shape index (κ3) is 6.66. The van der Waals surface area contributed by atoms with Gasteiger partial charge in [-0.2, -0.15) is 0 Å². The van der Waals surface area contributed by atoms with Crippen LogP contribution in [0.1, 0.15) is 19.4 Å². The Morgan fingerprint density at radius 1 is 1.10 bits per heavy atom. The molecule has 0 amide bonds. The second-order valence-electron chi connectivity index (χ2n) is 4.68. The van der Waals surface area contributed by atoms with Gasteiger partial charge in [-0.25, -0.2) is 0 Å². The molecule has 1 N–H and O–H groups in total. The quantitative estimate of drug-likeness (QED) is 0.637. The van der Waals surface area contributed by atoms with Crippen molar-refractivity contribution in [2.24, 2.45) is 0 Å². The van der Waals surface area contributed by atoms with Crippen LogP contribution < -0.4 is 10.2 Å². The average Bonchev–Trinajstić information content (AvgIpc) is 2.48. The zero-order valence-corrected chi connectivity index (χ0v) is 14.1. The molecule has 5 heteroatoms. The molecule has 0 aliphatic rings. The molecule has 4 nitrogen and oxygen atoms in total. The van der Waals surface area contributed by atoms with E-state index in [1.807, 2.05) is 33.0 Å². The van der Waals surface area contributed by atoms with Crippen LogP contribution >= 0.6 is 11.6 Å². The summed E-state index contributed by atoms with van der Waals surface area (Å²) in [6.07, 6.45) is 0. The van der Waals surface area contributed by atoms with E-state index in [9.17, 15) is 0 Å². The summed E-state index contributed by atoms with van der Waals surface area (Å²) >= 11 is 6.17. The summed E-state index contributed by atoms with van der Waals surface area (Å²) in [6, 6.07) is 6.02. The maximum absolute atomic E-state index is 6.17. The highest BCUT2D eigenvalue weighted by Crippen LogP contribution is 2.25. The van der Waals surface area contributed by atoms with Crippen molar-refractivity contribution < 1.29 is 9.47 Å². The van der Waals surface area contributed by atoms with E-state index in [0.717, 1.165) is 43.6 Å². The summed E-state index contributed by atoms with van der Waals surface area (Å²) < 4.78 is 11.0. The molecule has 1 aromatic carbocycles. The van der Waals surface area contributed by atoms with Crippen LogP contribution in [0.5, 0.6) is 0 Å². The lowest BCUT2D eigenvalue weighted by atomic mass is 10.1. The molecule has 0 aliphatic heterocycles. The average molecular weight is 315 g/mol. The molecule has 0 aromatic heterocycles. The topological polar surface area (TPSA) is 33.7 Å². The third-order valence-corrected chi connectivity index (χ3v) is 3.41. The van der Waals surface area contributed by atoms with Gasteiger partial charge in [0, 0.05) is 43.6 Å². The van der Waals surface area contributed by atoms with Gasteiger partial charge in [0.05, 0.1) is 13.2 Å². The highest BCUT2D eigenvalue weighted by atomic mass is 35.5. The maximum Gasteiger partial charge on any atom is 0.0641 e. The Morgan fingerprint density at radius 2 is 1.71 bits per heavy atom. The molecule has 0 atom stereocenters. The van der Waals surface area contributed by atoms with Gasteiger partial charge < -0.3 is 19.7 Å². The first-order chi connectivity index (χ1) is 10.2. The van der Waals surface area contributed by atoms with Crippen molar-refractivity contribution in [2.45, 2.75) is 20.4 Å². The molecule has 0 unspecified atom stereocenters. The van der Waals surface area contributed by atoms with Crippen LogP contribution in [0.25, 0.3) is 0 Å². The van der Waals surface area contributed by atoms with E-state index in [4.69, 9.17) is 21.1 Å². The van der Waals surface area contributed by atoms with Gasteiger partial charge in [0.1, 0.15) is 0 Å². The fourth-order valence-electron chi connectivity index (χ4n) is 2.16. The first kappa shape index (κ1) is 18.2. The Kier molecular flexibility index (Phi) is 9.42. The second kappa shape index (κ2) is 10.9. The number of halogens is 1. The number of nitrogens with zero attached hydrogens (tertiary/aromatic N) is 1. The first-order valence-electron chi connectivity index (χ1n) is 7.56. The summed E-state index contributed by atoms with van der Waals surface area (Å²) in [4.78, 5) is 2.28. The largest absolute Gasteiger partial charge is 0.380 e. The SMILES string of the molecule is CCOCCN(CCOCC)c1cc(Cl)ccc1CNC. The third-order valence-electron chi connectivity index (χ3n) is 3.17. The summed E-state index contributed by atoms with van der Waals surface area (Å²) in [5.74, 6) is 0. The minimum absolute atomic E-state index is 0.703. The van der Waals surface area contributed by atoms with Gasteiger partial charge in [-0.1, -0.05) is 17.7 Å². The van der Waals surface area contributed by atoms with Crippen LogP contribution in [0, 0.1) is 0 Å². The standard InChI is InChI=1S/C16H27ClN2O2/c1-4-20-10-8-19(9-11-21-5-2)16-12-15(17)7-6-14(16)13-18-3/h6-7,12,18H,4-5,8-11,13H2,1-3H3. The van der Waals surface area contributed by atoms with Crippen molar-refractivity contribution >= 4 is 17.3 Å². The van der Waals surface area contributed by atoms with Gasteiger partial charge >= 0.3 is 0 Å². The van der Waals surface area contributed by atoms with E-state index in [1.54, 1.807) is 0 Å². The Balaban J connectivity index is 2.85. The van der Waals surface area contributed by atoms with E-state index in [-0.39, 0.29) is 0 Å². The van der Waals surface area contributed by atoms with Gasteiger partial charge in [-0.15, -0.1) is 0 Å². The van der Waals surface area contributed by atoms with Gasteiger partial charge in [0.25, 0.3) is 0 Å². The van der Waals surface area contributed by atoms with Crippen LogP contribution in [0.2, 0.25) is 5.02 Å². The Hall–Kier alpha value is -0.810. The highest BCUT2D eigenvalue weighted by molar-refractivity contribution is 6.30. The summed E-state index contributed by atoms with van der Waals surface area (Å²) in [5, 5.41) is 3.95. The lowest BCUT2D eigenvalue weighted by Crippen LogP contribution is -2.32. The molecule has 120 valence electrons. The summed E-state index contributed by atoms with van der Waals surface area (Å²) in [6.45, 7) is 9.37. The van der Waals surface area contributed by atoms with Gasteiger partial charge in [-0.05, 0) is 38.6 Å². The Labute approximate surface area is 133 Å². The lowest BCUT2D eigenvalue weighted by molar-refractivity contribution is 0.141. The van der Waals surface area contributed by atoms with Crippen molar-refractivity contribution in [3.63, 3.8) is 0 Å². The molecule has 0 radical (unpaired) electrons. The van der Waals surface area contributed by atoms with Crippen LogP contribution in [0.3, 0.4) is 0 Å². The molecular formula is C16H27ClN2O2. The Bertz CT molecular complexity index is 392. The molecule has 0 heterocycles. The molecule has 0 aliphatic carbocycles. The van der Waals surface area contributed by atoms with Crippen molar-refractivity contribution in [1.82, 2.24) is 5.32 Å². The molecular weight excluding hydrogens is 288 g/mol. The lowest BCUT2D eigenvalue weighted by Gasteiger charge is -2.27. The molecule has 0 spiro atoms. The summed E-state index contributed by atoms with van der Waals surface area (Å²) in [5.41, 5.74) is 2.38. The predicted octanol–water partition coefficient (Wildman–Crippen LogP) is 2.94. The minimum Gasteiger partial charge on any atom is -0.380 e. The second-order valence-corrected chi connectivity index (χ2v) is 5.12. The number of nitrogens with one attached hydrogen (secondary N) is 1. The van der Waals surface area contributed by atoms with Crippen molar-refractivity contribution in [2.75, 3.05) is 51.5 Å². The van der Waals surface area contributed by atoms with Gasteiger partial charge in [-0.3, -0.25) is 0 Å². The zero-order valence-electron chi connectivity index (χ0n) is 13.3. The van der Waals surface area contributed by atoms with Crippen LogP contribution in [-0.2, 0) is 16.0 Å². The monoisotopic (exact) mass is 314 g/mol. The van der Waals surface area contributed by atoms with Crippen LogP contribution in [0.4, 0.5) is 5.69 Å². The van der Waals surface area contributed by atoms with Gasteiger partial charge in [0.15, 0.2) is 0 Å². The van der Waals surface area contributed by atoms with E-state index in [2.05, 4.69) is 16.3 Å². The number of benzene rings is 1. The van der Waals surface area contributed by atoms with Crippen LogP contribution in [-0.4, -0.2) is 46.6 Å². The number of hydrogen-bond donors (Lipinski definition) is 1. The smallest absolute Gasteiger partial charge is 0.0641 e. The van der Waals surface area contributed by atoms with E-state index < -0.39 is 0 Å². The number of anilines is 1. The fourth-order valence-corrected chi connectivity index (χ4v) is 2.33. The van der Waals surface area contributed by atoms with Crippen molar-refractivity contribution in [3.8, 4) is 0 Å². The number of ether oxygens (including phenoxy) is 2. The normalized spacial score (nSPS) is 10.9. The molecule has 0 bridgehead atoms. The van der Waals surface area contributed by atoms with E-state index in [0.29, 0.717) is 13.2 Å². The van der Waals surface area contributed by atoms with E-state index in [1.165, 1.54) is 5.56 Å². The molecule has 0 saturated carbocycles. The minimum atomic E-state index is 0.703. The molecule has 0 fully saturated rings. The predicted molar refractivity (Wildman–Crippen MR) is 89.4 cm³/mol. The number of hydrogen-bond acceptors (Lipinski definition) is 4. The molecule has 1 rings (SSSR count). The molecule has 21 heavy (non-hydrogen) atoms. The molecule has 0 saturated heterocycles. The van der Waals surface area contributed by atoms with Crippen molar-refractivity contribution in [1.29, 1.82) is 0 Å². The molecule has 1 aromatic rings.